The molecule has 0 radical (unpaired) electrons. The van der Waals surface area contributed by atoms with Crippen molar-refractivity contribution in [2.45, 2.75) is 15.8 Å². The second-order valence-corrected chi connectivity index (χ2v) is 8.23. The lowest BCUT2D eigenvalue weighted by atomic mass is 10.1. The van der Waals surface area contributed by atoms with Crippen molar-refractivity contribution in [2.75, 3.05) is 24.9 Å². The monoisotopic (exact) mass is 434 g/mol. The first-order chi connectivity index (χ1) is 13.6. The standard InChI is InChI=1S/C18H18N4O3S3/c1-25-17(24)13-7-5-4-6-11(13)9-22-10-12(8-19-22)20-15(23)14-16(26-2)21-28-18(14)27-3/h4-8,10H,9H2,1-3H3,(H,20,23). The molecule has 0 saturated carbocycles. The molecule has 1 N–H and O–H groups in total. The van der Waals surface area contributed by atoms with Gasteiger partial charge in [0.2, 0.25) is 0 Å². The lowest BCUT2D eigenvalue weighted by molar-refractivity contribution is 0.0599. The highest BCUT2D eigenvalue weighted by Gasteiger charge is 2.21. The lowest BCUT2D eigenvalue weighted by Crippen LogP contribution is -2.12. The number of thioether (sulfide) groups is 2. The number of aromatic nitrogens is 3. The van der Waals surface area contributed by atoms with E-state index in [-0.39, 0.29) is 5.91 Å². The van der Waals surface area contributed by atoms with Gasteiger partial charge in [0.15, 0.2) is 0 Å². The lowest BCUT2D eigenvalue weighted by Gasteiger charge is -2.07. The van der Waals surface area contributed by atoms with Gasteiger partial charge in [-0.3, -0.25) is 9.48 Å². The topological polar surface area (TPSA) is 86.1 Å². The summed E-state index contributed by atoms with van der Waals surface area (Å²) in [6.07, 6.45) is 7.12. The Kier molecular flexibility index (Phi) is 6.76. The van der Waals surface area contributed by atoms with Crippen LogP contribution in [0.5, 0.6) is 0 Å². The number of hydrogen-bond donors (Lipinski definition) is 1. The zero-order valence-electron chi connectivity index (χ0n) is 15.5. The summed E-state index contributed by atoms with van der Waals surface area (Å²) >= 11 is 4.27. The van der Waals surface area contributed by atoms with Crippen molar-refractivity contribution in [3.63, 3.8) is 0 Å². The van der Waals surface area contributed by atoms with Crippen molar-refractivity contribution in [3.8, 4) is 0 Å². The number of hydrogen-bond acceptors (Lipinski definition) is 8. The summed E-state index contributed by atoms with van der Waals surface area (Å²) < 4.78 is 11.7. The molecule has 0 bridgehead atoms. The Labute approximate surface area is 175 Å². The van der Waals surface area contributed by atoms with Gasteiger partial charge < -0.3 is 10.1 Å². The Bertz CT molecular complexity index is 978. The fourth-order valence-electron chi connectivity index (χ4n) is 2.58. The molecule has 3 aromatic rings. The van der Waals surface area contributed by atoms with Crippen LogP contribution in [-0.2, 0) is 11.3 Å². The summed E-state index contributed by atoms with van der Waals surface area (Å²) in [6.45, 7) is 0.382. The van der Waals surface area contributed by atoms with E-state index in [0.717, 1.165) is 9.77 Å². The molecule has 0 saturated heterocycles. The number of ether oxygens (including phenoxy) is 1. The SMILES string of the molecule is COC(=O)c1ccccc1Cn1cc(NC(=O)c2c(SC)nsc2SC)cn1. The minimum atomic E-state index is -0.393. The van der Waals surface area contributed by atoms with Gasteiger partial charge in [-0.2, -0.15) is 9.47 Å². The Hall–Kier alpha value is -2.30. The fourth-order valence-corrected chi connectivity index (χ4v) is 4.86. The van der Waals surface area contributed by atoms with Crippen molar-refractivity contribution < 1.29 is 14.3 Å². The largest absolute Gasteiger partial charge is 0.465 e. The molecule has 28 heavy (non-hydrogen) atoms. The third-order valence-electron chi connectivity index (χ3n) is 3.88. The summed E-state index contributed by atoms with van der Waals surface area (Å²) in [6, 6.07) is 7.20. The minimum absolute atomic E-state index is 0.211. The Morgan fingerprint density at radius 3 is 2.75 bits per heavy atom. The summed E-state index contributed by atoms with van der Waals surface area (Å²) in [4.78, 5) is 24.6. The third-order valence-corrected chi connectivity index (χ3v) is 6.62. The van der Waals surface area contributed by atoms with E-state index in [1.165, 1.54) is 42.2 Å². The number of carbonyl (C=O) groups is 2. The van der Waals surface area contributed by atoms with Gasteiger partial charge in [-0.1, -0.05) is 18.2 Å². The molecule has 0 aliphatic carbocycles. The van der Waals surface area contributed by atoms with Gasteiger partial charge >= 0.3 is 5.97 Å². The zero-order chi connectivity index (χ0) is 20.1. The van der Waals surface area contributed by atoms with Gasteiger partial charge in [-0.25, -0.2) is 4.79 Å². The van der Waals surface area contributed by atoms with Crippen LogP contribution in [0.3, 0.4) is 0 Å². The van der Waals surface area contributed by atoms with Gasteiger partial charge in [-0.15, -0.1) is 23.5 Å². The quantitative estimate of drug-likeness (QED) is 0.446. The molecule has 7 nitrogen and oxygen atoms in total. The van der Waals surface area contributed by atoms with Crippen LogP contribution in [-0.4, -0.2) is 45.7 Å². The molecule has 10 heteroatoms. The van der Waals surface area contributed by atoms with E-state index in [9.17, 15) is 9.59 Å². The number of benzene rings is 1. The number of nitrogens with one attached hydrogen (secondary N) is 1. The maximum atomic E-state index is 12.7. The fraction of sp³-hybridized carbons (Fsp3) is 0.222. The number of carbonyl (C=O) groups excluding carboxylic acids is 2. The van der Waals surface area contributed by atoms with Crippen LogP contribution in [0.15, 0.2) is 45.9 Å². The second kappa shape index (κ2) is 9.26. The summed E-state index contributed by atoms with van der Waals surface area (Å²) in [7, 11) is 1.35. The predicted molar refractivity (Wildman–Crippen MR) is 113 cm³/mol. The first-order valence-corrected chi connectivity index (χ1v) is 11.4. The van der Waals surface area contributed by atoms with Gasteiger partial charge in [-0.05, 0) is 35.7 Å². The highest BCUT2D eigenvalue weighted by Crippen LogP contribution is 2.33. The predicted octanol–water partition coefficient (Wildman–Crippen LogP) is 3.87. The Morgan fingerprint density at radius 2 is 2.04 bits per heavy atom. The molecule has 0 fully saturated rings. The third kappa shape index (κ3) is 4.40. The molecule has 2 aromatic heterocycles. The van der Waals surface area contributed by atoms with Gasteiger partial charge in [0.05, 0.1) is 40.9 Å². The summed E-state index contributed by atoms with van der Waals surface area (Å²) in [5.74, 6) is -0.604. The van der Waals surface area contributed by atoms with Crippen LogP contribution in [0.1, 0.15) is 26.3 Å². The number of nitrogens with zero attached hydrogens (tertiary/aromatic N) is 3. The maximum absolute atomic E-state index is 12.7. The van der Waals surface area contributed by atoms with E-state index in [1.54, 1.807) is 29.2 Å². The van der Waals surface area contributed by atoms with E-state index < -0.39 is 5.97 Å². The Morgan fingerprint density at radius 1 is 1.25 bits per heavy atom. The number of rotatable bonds is 7. The van der Waals surface area contributed by atoms with Crippen LogP contribution in [0.25, 0.3) is 0 Å². The van der Waals surface area contributed by atoms with Gasteiger partial charge in [0, 0.05) is 6.20 Å². The normalized spacial score (nSPS) is 10.7. The van der Waals surface area contributed by atoms with E-state index in [1.807, 2.05) is 24.6 Å². The zero-order valence-corrected chi connectivity index (χ0v) is 17.9. The Balaban J connectivity index is 1.76. The molecule has 0 unspecified atom stereocenters. The molecule has 0 spiro atoms. The second-order valence-electron chi connectivity index (χ2n) is 5.59. The molecule has 3 rings (SSSR count). The highest BCUT2D eigenvalue weighted by atomic mass is 32.2. The van der Waals surface area contributed by atoms with E-state index >= 15 is 0 Å². The van der Waals surface area contributed by atoms with Crippen molar-refractivity contribution >= 4 is 52.6 Å². The molecule has 0 atom stereocenters. The number of amides is 1. The molecule has 146 valence electrons. The average molecular weight is 435 g/mol. The molecule has 1 amide bonds. The minimum Gasteiger partial charge on any atom is -0.465 e. The molecule has 2 heterocycles. The van der Waals surface area contributed by atoms with Crippen LogP contribution in [0.2, 0.25) is 0 Å². The average Bonchev–Trinajstić information content (AvgIpc) is 3.33. The number of methoxy groups -OCH3 is 1. The number of esters is 1. The summed E-state index contributed by atoms with van der Waals surface area (Å²) in [5.41, 5.74) is 2.44. The van der Waals surface area contributed by atoms with Crippen molar-refractivity contribution in [1.82, 2.24) is 14.2 Å². The maximum Gasteiger partial charge on any atom is 0.338 e. The van der Waals surface area contributed by atoms with Crippen LogP contribution in [0, 0.1) is 0 Å². The number of anilines is 1. The van der Waals surface area contributed by atoms with Gasteiger partial charge in [0.25, 0.3) is 5.91 Å². The molecule has 1 aromatic carbocycles. The van der Waals surface area contributed by atoms with Crippen molar-refractivity contribution in [3.05, 3.63) is 53.3 Å². The van der Waals surface area contributed by atoms with Gasteiger partial charge in [0.1, 0.15) is 5.03 Å². The van der Waals surface area contributed by atoms with Crippen molar-refractivity contribution in [2.24, 2.45) is 0 Å². The van der Waals surface area contributed by atoms with Crippen LogP contribution < -0.4 is 5.32 Å². The van der Waals surface area contributed by atoms with E-state index in [2.05, 4.69) is 14.8 Å². The van der Waals surface area contributed by atoms with Crippen LogP contribution >= 0.6 is 35.1 Å². The summed E-state index contributed by atoms with van der Waals surface area (Å²) in [5, 5.41) is 7.87. The molecular weight excluding hydrogens is 416 g/mol. The van der Waals surface area contributed by atoms with Crippen molar-refractivity contribution in [1.29, 1.82) is 0 Å². The molecular formula is C18H18N4O3S3. The van der Waals surface area contributed by atoms with E-state index in [4.69, 9.17) is 4.74 Å². The molecule has 0 aliphatic rings. The smallest absolute Gasteiger partial charge is 0.338 e. The highest BCUT2D eigenvalue weighted by molar-refractivity contribution is 8.01. The first kappa shape index (κ1) is 20.4. The van der Waals surface area contributed by atoms with Crippen LogP contribution in [0.4, 0.5) is 5.69 Å². The molecule has 0 aliphatic heterocycles. The van der Waals surface area contributed by atoms with E-state index in [0.29, 0.717) is 28.4 Å². The first-order valence-electron chi connectivity index (χ1n) is 8.15.